The standard InChI is InChI=1S/C19H20FN3O2/c1-13-10-19(22-7-3-4-8-22)17(20)11-15(13)12-21-18-6-5-16(23(24)25)9-14(18)2/h5-6,9-12H,3-4,7-8H2,1-2H3. The zero-order valence-corrected chi connectivity index (χ0v) is 14.3. The van der Waals surface area contributed by atoms with Crippen molar-refractivity contribution in [3.05, 3.63) is 63.0 Å². The van der Waals surface area contributed by atoms with E-state index in [0.717, 1.165) is 31.5 Å². The molecule has 1 fully saturated rings. The molecule has 1 saturated heterocycles. The normalized spacial score (nSPS) is 14.4. The topological polar surface area (TPSA) is 58.7 Å². The van der Waals surface area contributed by atoms with Gasteiger partial charge < -0.3 is 4.90 Å². The predicted molar refractivity (Wildman–Crippen MR) is 97.7 cm³/mol. The molecule has 0 N–H and O–H groups in total. The van der Waals surface area contributed by atoms with Gasteiger partial charge in [-0.3, -0.25) is 15.1 Å². The first-order valence-electron chi connectivity index (χ1n) is 8.30. The first-order valence-corrected chi connectivity index (χ1v) is 8.30. The Morgan fingerprint density at radius 3 is 2.52 bits per heavy atom. The van der Waals surface area contributed by atoms with Crippen LogP contribution in [0.3, 0.4) is 0 Å². The summed E-state index contributed by atoms with van der Waals surface area (Å²) in [7, 11) is 0. The second-order valence-corrected chi connectivity index (χ2v) is 6.34. The maximum absolute atomic E-state index is 14.5. The van der Waals surface area contributed by atoms with Gasteiger partial charge in [-0.2, -0.15) is 0 Å². The highest BCUT2D eigenvalue weighted by molar-refractivity contribution is 5.85. The first kappa shape index (κ1) is 17.1. The molecule has 2 aromatic carbocycles. The highest BCUT2D eigenvalue weighted by atomic mass is 19.1. The zero-order chi connectivity index (χ0) is 18.0. The zero-order valence-electron chi connectivity index (χ0n) is 14.3. The molecule has 25 heavy (non-hydrogen) atoms. The lowest BCUT2D eigenvalue weighted by Crippen LogP contribution is -2.19. The monoisotopic (exact) mass is 341 g/mol. The van der Waals surface area contributed by atoms with Crippen molar-refractivity contribution in [2.45, 2.75) is 26.7 Å². The maximum atomic E-state index is 14.5. The van der Waals surface area contributed by atoms with Crippen molar-refractivity contribution in [1.82, 2.24) is 0 Å². The molecule has 0 bridgehead atoms. The van der Waals surface area contributed by atoms with E-state index in [2.05, 4.69) is 9.89 Å². The molecule has 6 heteroatoms. The van der Waals surface area contributed by atoms with Gasteiger partial charge in [-0.1, -0.05) is 0 Å². The SMILES string of the molecule is Cc1cc(N2CCCC2)c(F)cc1C=Nc1ccc([N+](=O)[O-])cc1C. The highest BCUT2D eigenvalue weighted by Gasteiger charge is 2.17. The minimum atomic E-state index is -0.433. The van der Waals surface area contributed by atoms with Crippen LogP contribution in [0.2, 0.25) is 0 Å². The number of rotatable bonds is 4. The van der Waals surface area contributed by atoms with Crippen LogP contribution in [0.1, 0.15) is 29.5 Å². The fourth-order valence-corrected chi connectivity index (χ4v) is 3.06. The number of hydrogen-bond acceptors (Lipinski definition) is 4. The van der Waals surface area contributed by atoms with Crippen molar-refractivity contribution < 1.29 is 9.31 Å². The van der Waals surface area contributed by atoms with Crippen LogP contribution >= 0.6 is 0 Å². The Labute approximate surface area is 146 Å². The summed E-state index contributed by atoms with van der Waals surface area (Å²) in [6.07, 6.45) is 3.81. The van der Waals surface area contributed by atoms with Gasteiger partial charge in [0.25, 0.3) is 5.69 Å². The van der Waals surface area contributed by atoms with Gasteiger partial charge in [0, 0.05) is 31.4 Å². The number of nitro groups is 1. The molecule has 1 aliphatic rings. The van der Waals surface area contributed by atoms with Crippen molar-refractivity contribution in [3.63, 3.8) is 0 Å². The molecule has 5 nitrogen and oxygen atoms in total. The smallest absolute Gasteiger partial charge is 0.269 e. The molecule has 0 spiro atoms. The Kier molecular flexibility index (Phi) is 4.79. The van der Waals surface area contributed by atoms with Gasteiger partial charge in [-0.25, -0.2) is 4.39 Å². The summed E-state index contributed by atoms with van der Waals surface area (Å²) >= 11 is 0. The number of nitro benzene ring substituents is 1. The molecule has 1 aliphatic heterocycles. The molecule has 1 heterocycles. The minimum Gasteiger partial charge on any atom is -0.369 e. The molecule has 130 valence electrons. The summed E-state index contributed by atoms with van der Waals surface area (Å²) in [5.74, 6) is -0.241. The van der Waals surface area contributed by atoms with Gasteiger partial charge >= 0.3 is 0 Å². The van der Waals surface area contributed by atoms with Gasteiger partial charge in [0.2, 0.25) is 0 Å². The fraction of sp³-hybridized carbons (Fsp3) is 0.316. The average molecular weight is 341 g/mol. The van der Waals surface area contributed by atoms with Gasteiger partial charge in [0.1, 0.15) is 5.82 Å². The number of nitrogens with zero attached hydrogens (tertiary/aromatic N) is 3. The van der Waals surface area contributed by atoms with Crippen LogP contribution in [0.25, 0.3) is 0 Å². The molecule has 0 aliphatic carbocycles. The van der Waals surface area contributed by atoms with Crippen LogP contribution in [-0.4, -0.2) is 24.2 Å². The third-order valence-corrected chi connectivity index (χ3v) is 4.52. The first-order chi connectivity index (χ1) is 12.0. The fourth-order valence-electron chi connectivity index (χ4n) is 3.06. The number of non-ortho nitro benzene ring substituents is 1. The van der Waals surface area contributed by atoms with Crippen molar-refractivity contribution in [2.75, 3.05) is 18.0 Å². The number of hydrogen-bond donors (Lipinski definition) is 0. The second kappa shape index (κ2) is 7.01. The minimum absolute atomic E-state index is 0.0358. The van der Waals surface area contributed by atoms with Crippen molar-refractivity contribution >= 4 is 23.3 Å². The van der Waals surface area contributed by atoms with Crippen LogP contribution in [0, 0.1) is 29.8 Å². The summed E-state index contributed by atoms with van der Waals surface area (Å²) in [5, 5.41) is 10.8. The molecule has 0 saturated carbocycles. The lowest BCUT2D eigenvalue weighted by molar-refractivity contribution is -0.384. The van der Waals surface area contributed by atoms with E-state index in [1.807, 2.05) is 13.0 Å². The quantitative estimate of drug-likeness (QED) is 0.460. The third-order valence-electron chi connectivity index (χ3n) is 4.52. The van der Waals surface area contributed by atoms with Crippen LogP contribution in [0.5, 0.6) is 0 Å². The van der Waals surface area contributed by atoms with E-state index in [1.54, 1.807) is 19.2 Å². The van der Waals surface area contributed by atoms with Crippen molar-refractivity contribution in [1.29, 1.82) is 0 Å². The number of aliphatic imine (C=N–C) groups is 1. The second-order valence-electron chi connectivity index (χ2n) is 6.34. The Bertz CT molecular complexity index is 843. The molecule has 0 aromatic heterocycles. The van der Waals surface area contributed by atoms with Crippen LogP contribution in [-0.2, 0) is 0 Å². The van der Waals surface area contributed by atoms with Crippen LogP contribution < -0.4 is 4.90 Å². The summed E-state index contributed by atoms with van der Waals surface area (Å²) in [6.45, 7) is 5.49. The summed E-state index contributed by atoms with van der Waals surface area (Å²) in [6, 6.07) is 7.88. The number of anilines is 1. The lowest BCUT2D eigenvalue weighted by atomic mass is 10.1. The van der Waals surface area contributed by atoms with Crippen LogP contribution in [0.15, 0.2) is 35.3 Å². The predicted octanol–water partition coefficient (Wildman–Crippen LogP) is 4.70. The largest absolute Gasteiger partial charge is 0.369 e. The molecule has 2 aromatic rings. The molecule has 0 unspecified atom stereocenters. The van der Waals surface area contributed by atoms with E-state index >= 15 is 0 Å². The lowest BCUT2D eigenvalue weighted by Gasteiger charge is -2.19. The van der Waals surface area contributed by atoms with Crippen molar-refractivity contribution in [3.8, 4) is 0 Å². The van der Waals surface area contributed by atoms with E-state index in [1.165, 1.54) is 18.2 Å². The van der Waals surface area contributed by atoms with Gasteiger partial charge in [0.15, 0.2) is 0 Å². The van der Waals surface area contributed by atoms with Crippen molar-refractivity contribution in [2.24, 2.45) is 4.99 Å². The van der Waals surface area contributed by atoms with E-state index in [-0.39, 0.29) is 11.5 Å². The van der Waals surface area contributed by atoms with Gasteiger partial charge in [0.05, 0.1) is 16.3 Å². The van der Waals surface area contributed by atoms with E-state index in [9.17, 15) is 14.5 Å². The van der Waals surface area contributed by atoms with E-state index in [4.69, 9.17) is 0 Å². The summed E-state index contributed by atoms with van der Waals surface area (Å²) in [4.78, 5) is 16.8. The summed E-state index contributed by atoms with van der Waals surface area (Å²) in [5.41, 5.74) is 3.68. The molecule has 3 rings (SSSR count). The molecule has 0 atom stereocenters. The Morgan fingerprint density at radius 2 is 1.88 bits per heavy atom. The summed E-state index contributed by atoms with van der Waals surface area (Å²) < 4.78 is 14.5. The third kappa shape index (κ3) is 3.68. The van der Waals surface area contributed by atoms with E-state index in [0.29, 0.717) is 22.5 Å². The van der Waals surface area contributed by atoms with Crippen LogP contribution in [0.4, 0.5) is 21.5 Å². The average Bonchev–Trinajstić information content (AvgIpc) is 3.10. The molecule has 0 radical (unpaired) electrons. The maximum Gasteiger partial charge on any atom is 0.269 e. The molecular weight excluding hydrogens is 321 g/mol. The highest BCUT2D eigenvalue weighted by Crippen LogP contribution is 2.27. The Morgan fingerprint density at radius 1 is 1.16 bits per heavy atom. The Hall–Kier alpha value is -2.76. The van der Waals surface area contributed by atoms with E-state index < -0.39 is 4.92 Å². The number of aryl methyl sites for hydroxylation is 2. The Balaban J connectivity index is 1.86. The molecule has 0 amide bonds. The molecular formula is C19H20FN3O2. The number of halogens is 1. The van der Waals surface area contributed by atoms with Gasteiger partial charge in [-0.15, -0.1) is 0 Å². The number of benzene rings is 2. The van der Waals surface area contributed by atoms with Gasteiger partial charge in [-0.05, 0) is 61.6 Å².